The van der Waals surface area contributed by atoms with Crippen molar-refractivity contribution >= 4 is 21.5 Å². The second-order valence-corrected chi connectivity index (χ2v) is 6.62. The fourth-order valence-corrected chi connectivity index (χ4v) is 2.51. The van der Waals surface area contributed by atoms with Crippen molar-refractivity contribution in [3.63, 3.8) is 0 Å². The van der Waals surface area contributed by atoms with Crippen LogP contribution in [0.4, 0.5) is 11.4 Å². The van der Waals surface area contributed by atoms with Gasteiger partial charge in [0.05, 0.1) is 4.90 Å². The van der Waals surface area contributed by atoms with Crippen molar-refractivity contribution in [3.8, 4) is 0 Å². The van der Waals surface area contributed by atoms with Crippen molar-refractivity contribution in [2.75, 3.05) is 0 Å². The Labute approximate surface area is 136 Å². The highest BCUT2D eigenvalue weighted by Crippen LogP contribution is 2.22. The van der Waals surface area contributed by atoms with E-state index in [0.717, 1.165) is 23.4 Å². The number of nitrogens with zero attached hydrogens (tertiary/aromatic N) is 2. The van der Waals surface area contributed by atoms with Crippen LogP contribution >= 0.6 is 0 Å². The van der Waals surface area contributed by atoms with Gasteiger partial charge in [0, 0.05) is 11.3 Å². The monoisotopic (exact) mass is 333 g/mol. The third kappa shape index (κ3) is 4.69. The van der Waals surface area contributed by atoms with Gasteiger partial charge in [0.2, 0.25) is 0 Å². The minimum Gasteiger partial charge on any atom is -0.744 e. The summed E-state index contributed by atoms with van der Waals surface area (Å²) in [5.41, 5.74) is 4.89. The molecule has 2 aromatic rings. The van der Waals surface area contributed by atoms with Crippen molar-refractivity contribution in [2.24, 2.45) is 10.3 Å². The largest absolute Gasteiger partial charge is 0.744 e. The van der Waals surface area contributed by atoms with E-state index in [9.17, 15) is 13.0 Å². The van der Waals surface area contributed by atoms with Crippen molar-refractivity contribution in [3.05, 3.63) is 54.1 Å². The summed E-state index contributed by atoms with van der Waals surface area (Å²) >= 11 is 0. The van der Waals surface area contributed by atoms with Crippen LogP contribution in [0.15, 0.2) is 63.8 Å². The molecule has 0 bridgehead atoms. The lowest BCUT2D eigenvalue weighted by Crippen LogP contribution is -2.68. The van der Waals surface area contributed by atoms with E-state index in [-0.39, 0.29) is 4.90 Å². The molecular weight excluding hydrogens is 314 g/mol. The first-order valence-corrected chi connectivity index (χ1v) is 8.71. The number of benzene rings is 2. The van der Waals surface area contributed by atoms with Gasteiger partial charge in [0.15, 0.2) is 11.4 Å². The Morgan fingerprint density at radius 3 is 2.35 bits per heavy atom. The Bertz CT molecular complexity index is 786. The first-order valence-electron chi connectivity index (χ1n) is 7.30. The van der Waals surface area contributed by atoms with Gasteiger partial charge in [-0.05, 0) is 36.1 Å². The maximum Gasteiger partial charge on any atom is 0.185 e. The number of fused-ring (bicyclic) bond motifs is 1. The van der Waals surface area contributed by atoms with E-state index in [0.29, 0.717) is 5.92 Å². The molecule has 122 valence electrons. The minimum atomic E-state index is -4.30. The standard InChI is InChI=1S/C10H14O3S.C6H5N3/c1-3-8(2)9-4-6-10(7-5-9)14(11,12)13;1-2-4-6-5(3-1)7-9-8-6/h4-8H,3H2,1-2H3,(H,11,12,13);1-4H,(H,7,8,9). The molecule has 23 heavy (non-hydrogen) atoms. The van der Waals surface area contributed by atoms with Gasteiger partial charge < -0.3 is 4.55 Å². The van der Waals surface area contributed by atoms with Gasteiger partial charge in [0.25, 0.3) is 0 Å². The van der Waals surface area contributed by atoms with E-state index >= 15 is 0 Å². The average Bonchev–Trinajstić information content (AvgIpc) is 3.02. The number of nitrogens with two attached hydrogens (primary N) is 1. The van der Waals surface area contributed by atoms with Crippen LogP contribution in [0.5, 0.6) is 0 Å². The van der Waals surface area contributed by atoms with Crippen LogP contribution in [0.25, 0.3) is 0 Å². The summed E-state index contributed by atoms with van der Waals surface area (Å²) < 4.78 is 31.9. The number of hydrogen-bond acceptors (Lipinski definition) is 5. The summed E-state index contributed by atoms with van der Waals surface area (Å²) in [4.78, 5) is -0.162. The molecule has 0 aromatic heterocycles. The molecule has 3 rings (SSSR count). The van der Waals surface area contributed by atoms with E-state index in [4.69, 9.17) is 0 Å². The van der Waals surface area contributed by atoms with Crippen LogP contribution in [-0.2, 0) is 10.1 Å². The molecule has 0 spiro atoms. The van der Waals surface area contributed by atoms with Crippen molar-refractivity contribution < 1.29 is 18.4 Å². The molecule has 1 unspecified atom stereocenters. The quantitative estimate of drug-likeness (QED) is 0.531. The smallest absolute Gasteiger partial charge is 0.185 e. The third-order valence-electron chi connectivity index (χ3n) is 3.65. The van der Waals surface area contributed by atoms with Gasteiger partial charge >= 0.3 is 0 Å². The van der Waals surface area contributed by atoms with Gasteiger partial charge in [0.1, 0.15) is 10.1 Å². The number of hydrogen-bond donors (Lipinski definition) is 1. The van der Waals surface area contributed by atoms with Gasteiger partial charge in [-0.2, -0.15) is 5.43 Å². The molecule has 1 heterocycles. The molecule has 1 atom stereocenters. The molecule has 2 aromatic carbocycles. The van der Waals surface area contributed by atoms with Gasteiger partial charge in [-0.25, -0.2) is 8.42 Å². The predicted molar refractivity (Wildman–Crippen MR) is 85.7 cm³/mol. The lowest BCUT2D eigenvalue weighted by Gasteiger charge is -2.11. The van der Waals surface area contributed by atoms with Crippen molar-refractivity contribution in [1.82, 2.24) is 0 Å². The average molecular weight is 333 g/mol. The van der Waals surface area contributed by atoms with Gasteiger partial charge in [-0.15, -0.1) is 0 Å². The summed E-state index contributed by atoms with van der Waals surface area (Å²) in [6.45, 7) is 4.11. The van der Waals surface area contributed by atoms with Crippen LogP contribution in [0, 0.1) is 0 Å². The van der Waals surface area contributed by atoms with Crippen LogP contribution in [0.3, 0.4) is 0 Å². The van der Waals surface area contributed by atoms with Crippen LogP contribution < -0.4 is 5.43 Å². The zero-order valence-corrected chi connectivity index (χ0v) is 13.8. The second kappa shape index (κ2) is 7.45. The van der Waals surface area contributed by atoms with E-state index in [1.807, 2.05) is 24.3 Å². The first kappa shape index (κ1) is 17.3. The zero-order valence-electron chi connectivity index (χ0n) is 13.0. The van der Waals surface area contributed by atoms with E-state index in [1.165, 1.54) is 12.1 Å². The zero-order chi connectivity index (χ0) is 16.9. The van der Waals surface area contributed by atoms with Crippen LogP contribution in [0.2, 0.25) is 0 Å². The number of quaternary nitrogens is 1. The molecule has 0 fully saturated rings. The summed E-state index contributed by atoms with van der Waals surface area (Å²) in [6.07, 6.45) is 0.990. The molecule has 7 heteroatoms. The van der Waals surface area contributed by atoms with Crippen molar-refractivity contribution in [2.45, 2.75) is 31.1 Å². The lowest BCUT2D eigenvalue weighted by molar-refractivity contribution is -0.578. The van der Waals surface area contributed by atoms with E-state index in [1.54, 1.807) is 17.6 Å². The van der Waals surface area contributed by atoms with E-state index in [2.05, 4.69) is 24.2 Å². The molecular formula is C16H19N3O3S. The Hall–Kier alpha value is -2.09. The Balaban J connectivity index is 0.000000182. The topological polar surface area (TPSA) is 98.5 Å². The summed E-state index contributed by atoms with van der Waals surface area (Å²) in [7, 11) is -4.30. The van der Waals surface area contributed by atoms with Crippen molar-refractivity contribution in [1.29, 1.82) is 0 Å². The second-order valence-electron chi connectivity index (χ2n) is 5.24. The van der Waals surface area contributed by atoms with Crippen LogP contribution in [-0.4, -0.2) is 13.0 Å². The highest BCUT2D eigenvalue weighted by molar-refractivity contribution is 7.85. The molecule has 1 aliphatic heterocycles. The molecule has 0 saturated carbocycles. The highest BCUT2D eigenvalue weighted by atomic mass is 32.2. The fourth-order valence-electron chi connectivity index (χ4n) is 2.04. The molecule has 2 N–H and O–H groups in total. The lowest BCUT2D eigenvalue weighted by atomic mass is 9.99. The number of rotatable bonds is 3. The minimum absolute atomic E-state index is 0.162. The molecule has 0 amide bonds. The Kier molecular flexibility index (Phi) is 5.59. The van der Waals surface area contributed by atoms with Gasteiger partial charge in [-0.1, -0.05) is 43.2 Å². The molecule has 0 radical (unpaired) electrons. The molecule has 6 nitrogen and oxygen atoms in total. The highest BCUT2D eigenvalue weighted by Gasteiger charge is 2.08. The molecule has 1 aliphatic rings. The maximum atomic E-state index is 10.6. The normalized spacial score (nSPS) is 13.9. The first-order chi connectivity index (χ1) is 10.9. The van der Waals surface area contributed by atoms with E-state index < -0.39 is 10.1 Å². The predicted octanol–water partition coefficient (Wildman–Crippen LogP) is 3.00. The molecule has 0 aliphatic carbocycles. The van der Waals surface area contributed by atoms with Crippen LogP contribution in [0.1, 0.15) is 31.7 Å². The summed E-state index contributed by atoms with van der Waals surface area (Å²) in [5.74, 6) is 0.387. The Morgan fingerprint density at radius 1 is 1.13 bits per heavy atom. The van der Waals surface area contributed by atoms with Gasteiger partial charge in [-0.3, -0.25) is 0 Å². The Morgan fingerprint density at radius 2 is 1.78 bits per heavy atom. The third-order valence-corrected chi connectivity index (χ3v) is 4.50. The maximum absolute atomic E-state index is 10.6. The summed E-state index contributed by atoms with van der Waals surface area (Å²) in [6, 6.07) is 14.0. The molecule has 0 saturated heterocycles. The fraction of sp³-hybridized carbons (Fsp3) is 0.250. The summed E-state index contributed by atoms with van der Waals surface area (Å²) in [5, 5.41) is 7.62. The SMILES string of the molecule is CCC(C)c1ccc(S(=O)(=O)[O-])cc1.c1ccc2c(c1)N=N[NH2+]2.